The highest BCUT2D eigenvalue weighted by Gasteiger charge is 1.97. The third kappa shape index (κ3) is 21.2. The lowest BCUT2D eigenvalue weighted by Gasteiger charge is -2.05. The Balaban J connectivity index is 0. The van der Waals surface area contributed by atoms with Gasteiger partial charge in [0, 0.05) is 13.2 Å². The van der Waals surface area contributed by atoms with E-state index in [4.69, 9.17) is 10.6 Å². The first-order valence-electron chi connectivity index (χ1n) is 5.25. The molecule has 100 valence electrons. The second-order valence-corrected chi connectivity index (χ2v) is 3.89. The third-order valence-electron chi connectivity index (χ3n) is 1.42. The summed E-state index contributed by atoms with van der Waals surface area (Å²) in [6, 6.07) is 0. The molecule has 0 saturated carbocycles. The van der Waals surface area contributed by atoms with E-state index in [9.17, 15) is 4.79 Å². The van der Waals surface area contributed by atoms with Crippen LogP contribution < -0.4 is 11.2 Å². The molecule has 1 amide bonds. The molecule has 0 heterocycles. The number of nitrogens with one attached hydrogen (secondary N) is 1. The molecule has 0 radical (unpaired) electrons. The number of thioether (sulfide) groups is 1. The van der Waals surface area contributed by atoms with Gasteiger partial charge in [0.05, 0.1) is 6.61 Å². The minimum Gasteiger partial charge on any atom is -0.380 e. The van der Waals surface area contributed by atoms with Gasteiger partial charge in [-0.25, -0.2) is 5.90 Å². The van der Waals surface area contributed by atoms with E-state index in [0.29, 0.717) is 13.2 Å². The largest absolute Gasteiger partial charge is 0.380 e. The van der Waals surface area contributed by atoms with Gasteiger partial charge in [0.2, 0.25) is 5.91 Å². The van der Waals surface area contributed by atoms with Crippen molar-refractivity contribution in [2.45, 2.75) is 13.3 Å². The van der Waals surface area contributed by atoms with E-state index < -0.39 is 0 Å². The summed E-state index contributed by atoms with van der Waals surface area (Å²) in [6.45, 7) is 3.32. The van der Waals surface area contributed by atoms with Crippen LogP contribution in [0.15, 0.2) is 0 Å². The van der Waals surface area contributed by atoms with E-state index in [1.54, 1.807) is 18.7 Å². The molecular formula is C11H22N2O3S. The monoisotopic (exact) mass is 262 g/mol. The fourth-order valence-corrected chi connectivity index (χ4v) is 1.20. The summed E-state index contributed by atoms with van der Waals surface area (Å²) in [4.78, 5) is 15.0. The zero-order valence-corrected chi connectivity index (χ0v) is 11.3. The lowest BCUT2D eigenvalue weighted by atomic mass is 10.5. The zero-order valence-electron chi connectivity index (χ0n) is 10.5. The predicted octanol–water partition coefficient (Wildman–Crippen LogP) is 0.402. The number of terminal acetylenes is 1. The van der Waals surface area contributed by atoms with E-state index in [-0.39, 0.29) is 12.5 Å². The number of rotatable bonds is 9. The number of ether oxygens (including phenoxy) is 1. The van der Waals surface area contributed by atoms with Crippen LogP contribution in [0, 0.1) is 12.3 Å². The standard InChI is InChI=1S/C8H18N2O3S.C3H4/c1-14-6-2-4-12-5-3-10-8(11)7-13-9;1-3-2/h2-7,9H2,1H3,(H,10,11);1H,2H3. The summed E-state index contributed by atoms with van der Waals surface area (Å²) >= 11 is 1.80. The van der Waals surface area contributed by atoms with Crippen molar-refractivity contribution in [3.05, 3.63) is 0 Å². The Morgan fingerprint density at radius 2 is 2.18 bits per heavy atom. The van der Waals surface area contributed by atoms with Crippen LogP contribution in [0.4, 0.5) is 0 Å². The first kappa shape index (κ1) is 18.6. The summed E-state index contributed by atoms with van der Waals surface area (Å²) in [5, 5.41) is 2.60. The molecule has 0 spiro atoms. The van der Waals surface area contributed by atoms with E-state index in [0.717, 1.165) is 18.8 Å². The number of amides is 1. The molecule has 0 bridgehead atoms. The van der Waals surface area contributed by atoms with Crippen LogP contribution in [0.2, 0.25) is 0 Å². The molecule has 5 nitrogen and oxygen atoms in total. The maximum absolute atomic E-state index is 10.8. The van der Waals surface area contributed by atoms with Crippen LogP contribution in [0.1, 0.15) is 13.3 Å². The highest BCUT2D eigenvalue weighted by Crippen LogP contribution is 1.94. The maximum Gasteiger partial charge on any atom is 0.248 e. The van der Waals surface area contributed by atoms with E-state index in [1.807, 2.05) is 0 Å². The molecule has 17 heavy (non-hydrogen) atoms. The SMILES string of the molecule is C#CC.CSCCCOCCNC(=O)CON. The number of carbonyl (C=O) groups excluding carboxylic acids is 1. The summed E-state index contributed by atoms with van der Waals surface area (Å²) in [5.74, 6) is 7.85. The fraction of sp³-hybridized carbons (Fsp3) is 0.727. The minimum atomic E-state index is -0.222. The Morgan fingerprint density at radius 1 is 1.53 bits per heavy atom. The van der Waals surface area contributed by atoms with Gasteiger partial charge in [-0.3, -0.25) is 9.63 Å². The van der Waals surface area contributed by atoms with Crippen LogP contribution in [0.25, 0.3) is 0 Å². The molecule has 0 rings (SSSR count). The molecule has 0 aliphatic carbocycles. The molecular weight excluding hydrogens is 240 g/mol. The Hall–Kier alpha value is -0.740. The van der Waals surface area contributed by atoms with Crippen molar-refractivity contribution >= 4 is 17.7 Å². The summed E-state index contributed by atoms with van der Waals surface area (Å²) in [6.07, 6.45) is 7.70. The molecule has 3 N–H and O–H groups in total. The Bertz CT molecular complexity index is 207. The predicted molar refractivity (Wildman–Crippen MR) is 71.5 cm³/mol. The highest BCUT2D eigenvalue weighted by atomic mass is 32.2. The Kier molecular flexibility index (Phi) is 19.3. The van der Waals surface area contributed by atoms with Gasteiger partial charge in [-0.1, -0.05) is 0 Å². The third-order valence-corrected chi connectivity index (χ3v) is 2.12. The van der Waals surface area contributed by atoms with Crippen LogP contribution in [-0.4, -0.2) is 44.3 Å². The summed E-state index contributed by atoms with van der Waals surface area (Å²) < 4.78 is 5.26. The number of carbonyl (C=O) groups is 1. The molecule has 0 aromatic rings. The molecule has 0 aliphatic rings. The van der Waals surface area contributed by atoms with Crippen LogP contribution in [0.3, 0.4) is 0 Å². The maximum atomic E-state index is 10.8. The lowest BCUT2D eigenvalue weighted by molar-refractivity contribution is -0.126. The smallest absolute Gasteiger partial charge is 0.248 e. The molecule has 0 fully saturated rings. The molecule has 0 aromatic carbocycles. The zero-order chi connectivity index (χ0) is 13.4. The molecule has 0 aromatic heterocycles. The molecule has 6 heteroatoms. The molecule has 0 aliphatic heterocycles. The van der Waals surface area contributed by atoms with Crippen molar-refractivity contribution < 1.29 is 14.4 Å². The Labute approximate surface area is 108 Å². The second kappa shape index (κ2) is 17.6. The van der Waals surface area contributed by atoms with Crippen molar-refractivity contribution in [3.8, 4) is 12.3 Å². The first-order chi connectivity index (χ1) is 8.22. The van der Waals surface area contributed by atoms with Crippen molar-refractivity contribution in [1.82, 2.24) is 5.32 Å². The number of hydrogen-bond acceptors (Lipinski definition) is 5. The van der Waals surface area contributed by atoms with Gasteiger partial charge >= 0.3 is 0 Å². The highest BCUT2D eigenvalue weighted by molar-refractivity contribution is 7.98. The number of nitrogens with two attached hydrogens (primary N) is 1. The fourth-order valence-electron chi connectivity index (χ4n) is 0.797. The van der Waals surface area contributed by atoms with Gasteiger partial charge in [-0.2, -0.15) is 11.8 Å². The quantitative estimate of drug-likeness (QED) is 0.357. The normalized spacial score (nSPS) is 8.82. The van der Waals surface area contributed by atoms with Crippen molar-refractivity contribution in [3.63, 3.8) is 0 Å². The van der Waals surface area contributed by atoms with Crippen LogP contribution in [0.5, 0.6) is 0 Å². The van der Waals surface area contributed by atoms with Crippen LogP contribution in [-0.2, 0) is 14.4 Å². The van der Waals surface area contributed by atoms with Gasteiger partial charge in [0.15, 0.2) is 0 Å². The molecule has 0 atom stereocenters. The molecule has 0 saturated heterocycles. The average Bonchev–Trinajstić information content (AvgIpc) is 2.29. The first-order valence-corrected chi connectivity index (χ1v) is 6.64. The Morgan fingerprint density at radius 3 is 2.71 bits per heavy atom. The van der Waals surface area contributed by atoms with E-state index >= 15 is 0 Å². The minimum absolute atomic E-state index is 0.105. The van der Waals surface area contributed by atoms with E-state index in [1.165, 1.54) is 0 Å². The second-order valence-electron chi connectivity index (χ2n) is 2.91. The van der Waals surface area contributed by atoms with Crippen molar-refractivity contribution in [1.29, 1.82) is 0 Å². The summed E-state index contributed by atoms with van der Waals surface area (Å²) in [5.41, 5.74) is 0. The topological polar surface area (TPSA) is 73.6 Å². The van der Waals surface area contributed by atoms with Gasteiger partial charge < -0.3 is 10.1 Å². The van der Waals surface area contributed by atoms with Crippen molar-refractivity contribution in [2.24, 2.45) is 5.90 Å². The van der Waals surface area contributed by atoms with Gasteiger partial charge in [-0.05, 0) is 25.4 Å². The van der Waals surface area contributed by atoms with Crippen molar-refractivity contribution in [2.75, 3.05) is 38.4 Å². The van der Waals surface area contributed by atoms with Crippen LogP contribution >= 0.6 is 11.8 Å². The van der Waals surface area contributed by atoms with E-state index in [2.05, 4.69) is 28.8 Å². The van der Waals surface area contributed by atoms with Gasteiger partial charge in [-0.15, -0.1) is 12.3 Å². The van der Waals surface area contributed by atoms with Gasteiger partial charge in [0.25, 0.3) is 0 Å². The molecule has 0 unspecified atom stereocenters. The number of hydrogen-bond donors (Lipinski definition) is 2. The lowest BCUT2D eigenvalue weighted by Crippen LogP contribution is -2.31. The summed E-state index contributed by atoms with van der Waals surface area (Å²) in [7, 11) is 0. The average molecular weight is 262 g/mol. The van der Waals surface area contributed by atoms with Gasteiger partial charge in [0.1, 0.15) is 6.61 Å².